The molecule has 4 N–H and O–H groups in total. The summed E-state index contributed by atoms with van der Waals surface area (Å²) in [5.74, 6) is -1.87. The molecule has 1 saturated carbocycles. The van der Waals surface area contributed by atoms with Gasteiger partial charge in [0.1, 0.15) is 11.4 Å². The number of halogens is 1. The maximum Gasteiger partial charge on any atom is 0.410 e. The van der Waals surface area contributed by atoms with Gasteiger partial charge in [-0.3, -0.25) is 9.11 Å². The van der Waals surface area contributed by atoms with Crippen LogP contribution in [0.4, 0.5) is 14.9 Å². The molecule has 1 unspecified atom stereocenters. The average Bonchev–Trinajstić information content (AvgIpc) is 3.05. The smallest absolute Gasteiger partial charge is 0.410 e. The van der Waals surface area contributed by atoms with Crippen LogP contribution in [0.1, 0.15) is 87.6 Å². The molecule has 0 bridgehead atoms. The summed E-state index contributed by atoms with van der Waals surface area (Å²) in [5, 5.41) is 13.2. The van der Waals surface area contributed by atoms with Gasteiger partial charge in [-0.2, -0.15) is 4.31 Å². The number of hydrogen-bond donors (Lipinski definition) is 4. The molecule has 236 valence electrons. The van der Waals surface area contributed by atoms with Gasteiger partial charge >= 0.3 is 12.1 Å². The quantitative estimate of drug-likeness (QED) is 0.276. The van der Waals surface area contributed by atoms with E-state index in [-0.39, 0.29) is 18.1 Å². The van der Waals surface area contributed by atoms with Gasteiger partial charge < -0.3 is 20.1 Å². The third kappa shape index (κ3) is 6.64. The second kappa shape index (κ2) is 12.3. The highest BCUT2D eigenvalue weighted by Gasteiger charge is 2.39. The monoisotopic (exact) mass is 617 g/mol. The highest BCUT2D eigenvalue weighted by Crippen LogP contribution is 2.59. The fraction of sp³-hybridized carbons (Fsp3) is 0.562. The highest BCUT2D eigenvalue weighted by atomic mass is 32.3. The van der Waals surface area contributed by atoms with E-state index in [0.29, 0.717) is 60.1 Å². The molecular weight excluding hydrogens is 573 g/mol. The summed E-state index contributed by atoms with van der Waals surface area (Å²) >= 11 is 0. The molecule has 3 aliphatic rings. The van der Waals surface area contributed by atoms with Gasteiger partial charge in [0, 0.05) is 32.7 Å². The van der Waals surface area contributed by atoms with E-state index in [4.69, 9.17) is 4.74 Å². The molecule has 2 aliphatic heterocycles. The van der Waals surface area contributed by atoms with E-state index in [0.717, 1.165) is 37.3 Å². The van der Waals surface area contributed by atoms with Crippen LogP contribution < -0.4 is 5.32 Å². The molecule has 1 atom stereocenters. The number of rotatable bonds is 4. The molecule has 0 spiro atoms. The number of carboxylic acid groups (broad SMARTS) is 1. The van der Waals surface area contributed by atoms with Crippen molar-refractivity contribution in [3.63, 3.8) is 0 Å². The van der Waals surface area contributed by atoms with Crippen LogP contribution in [0.2, 0.25) is 0 Å². The van der Waals surface area contributed by atoms with E-state index in [2.05, 4.69) is 5.32 Å². The number of carbonyl (C=O) groups excluding carboxylic acids is 1. The third-order valence-electron chi connectivity index (χ3n) is 9.11. The number of nitrogens with zero attached hydrogens (tertiary/aromatic N) is 2. The highest BCUT2D eigenvalue weighted by molar-refractivity contribution is 8.22. The predicted molar refractivity (Wildman–Crippen MR) is 166 cm³/mol. The largest absolute Gasteiger partial charge is 0.478 e. The second-order valence-corrected chi connectivity index (χ2v) is 15.1. The average molecular weight is 618 g/mol. The van der Waals surface area contributed by atoms with Crippen LogP contribution in [0.25, 0.3) is 11.1 Å². The fourth-order valence-electron chi connectivity index (χ4n) is 6.77. The van der Waals surface area contributed by atoms with Crippen molar-refractivity contribution < 1.29 is 32.9 Å². The molecule has 2 fully saturated rings. The molecule has 0 radical (unpaired) electrons. The summed E-state index contributed by atoms with van der Waals surface area (Å²) in [6, 6.07) is 7.61. The number of carbonyl (C=O) groups is 2. The van der Waals surface area contributed by atoms with Gasteiger partial charge in [0.05, 0.1) is 16.1 Å². The molecule has 5 rings (SSSR count). The lowest BCUT2D eigenvalue weighted by atomic mass is 9.83. The number of likely N-dealkylation sites (N-methyl/N-ethyl adjacent to an activating group) is 1. The number of benzene rings is 2. The van der Waals surface area contributed by atoms with Crippen molar-refractivity contribution in [3.05, 3.63) is 47.3 Å². The van der Waals surface area contributed by atoms with E-state index >= 15 is 0 Å². The number of carboxylic acids is 1. The second-order valence-electron chi connectivity index (χ2n) is 13.1. The van der Waals surface area contributed by atoms with Crippen LogP contribution in [-0.2, 0) is 4.74 Å². The third-order valence-corrected chi connectivity index (χ3v) is 11.1. The molecule has 1 amide bonds. The first-order valence-corrected chi connectivity index (χ1v) is 16.7. The normalized spacial score (nSPS) is 22.7. The van der Waals surface area contributed by atoms with Crippen LogP contribution in [0.15, 0.2) is 35.2 Å². The van der Waals surface area contributed by atoms with Crippen molar-refractivity contribution in [2.75, 3.05) is 32.0 Å². The Morgan fingerprint density at radius 3 is 2.33 bits per heavy atom. The van der Waals surface area contributed by atoms with Crippen LogP contribution in [0.3, 0.4) is 0 Å². The lowest BCUT2D eigenvalue weighted by Gasteiger charge is -2.46. The maximum absolute atomic E-state index is 14.4. The summed E-state index contributed by atoms with van der Waals surface area (Å²) < 4.78 is 45.2. The number of fused-ring (bicyclic) bond motifs is 1. The molecule has 1 aliphatic carbocycles. The van der Waals surface area contributed by atoms with E-state index in [9.17, 15) is 28.2 Å². The molecule has 2 aromatic carbocycles. The molecular formula is C32H44FN3O6S. The Bertz CT molecular complexity index is 1370. The number of ether oxygens (including phenoxy) is 1. The number of nitrogens with one attached hydrogen (secondary N) is 1. The molecule has 1 saturated heterocycles. The van der Waals surface area contributed by atoms with Crippen molar-refractivity contribution >= 4 is 28.5 Å². The van der Waals surface area contributed by atoms with Crippen molar-refractivity contribution in [2.24, 2.45) is 5.92 Å². The summed E-state index contributed by atoms with van der Waals surface area (Å²) in [7, 11) is -1.63. The molecule has 2 heterocycles. The van der Waals surface area contributed by atoms with E-state index < -0.39 is 33.7 Å². The predicted octanol–water partition coefficient (Wildman–Crippen LogP) is 7.64. The van der Waals surface area contributed by atoms with Gasteiger partial charge in [0.2, 0.25) is 0 Å². The number of aromatic carboxylic acids is 1. The summed E-state index contributed by atoms with van der Waals surface area (Å²) in [4.78, 5) is 26.6. The first-order chi connectivity index (χ1) is 20.3. The Labute approximate surface area is 254 Å². The number of likely N-dealkylation sites (tertiary alicyclic amines) is 1. The lowest BCUT2D eigenvalue weighted by Crippen LogP contribution is -2.43. The van der Waals surface area contributed by atoms with Crippen LogP contribution in [0, 0.1) is 11.7 Å². The zero-order valence-corrected chi connectivity index (χ0v) is 26.3. The standard InChI is InChI=1S/C32H44FN3O6S/c1-32(2,3)42-31(39)36-14-12-20(13-15-36)23-17-27-29(18-24(23)22-10-11-26(33)25(16-22)30(37)38)43(40,41)35(4)28(19-34-27)21-8-6-5-7-9-21/h10-11,16-18,20-21,28,34,40-41H,5-9,12-15,19H2,1-4H3,(H,37,38). The SMILES string of the molecule is CN1C(C2CCCCC2)CNc2cc(C3CCN(C(=O)OC(C)(C)C)CC3)c(-c3ccc(F)c(C(=O)O)c3)cc2S1(O)O. The molecule has 43 heavy (non-hydrogen) atoms. The van der Waals surface area contributed by atoms with Gasteiger partial charge in [-0.25, -0.2) is 14.0 Å². The number of amides is 1. The summed E-state index contributed by atoms with van der Waals surface area (Å²) in [6.45, 7) is 7.04. The first kappa shape index (κ1) is 31.6. The van der Waals surface area contributed by atoms with Crippen molar-refractivity contribution in [1.82, 2.24) is 9.21 Å². The first-order valence-electron chi connectivity index (χ1n) is 15.2. The van der Waals surface area contributed by atoms with Crippen molar-refractivity contribution in [2.45, 2.75) is 88.2 Å². The minimum absolute atomic E-state index is 0.00368. The molecule has 9 nitrogen and oxygen atoms in total. The van der Waals surface area contributed by atoms with Crippen molar-refractivity contribution in [3.8, 4) is 11.1 Å². The number of hydrogen-bond acceptors (Lipinski definition) is 7. The number of anilines is 1. The fourth-order valence-corrected chi connectivity index (χ4v) is 8.41. The summed E-state index contributed by atoms with van der Waals surface area (Å²) in [6.07, 6.45) is 6.47. The molecule has 11 heteroatoms. The van der Waals surface area contributed by atoms with E-state index in [1.165, 1.54) is 18.6 Å². The Kier molecular flexibility index (Phi) is 9.00. The Morgan fingerprint density at radius 2 is 1.70 bits per heavy atom. The lowest BCUT2D eigenvalue weighted by molar-refractivity contribution is 0.0204. The topological polar surface area (TPSA) is 123 Å². The van der Waals surface area contributed by atoms with Gasteiger partial charge in [0.15, 0.2) is 0 Å². The van der Waals surface area contributed by atoms with Gasteiger partial charge in [-0.15, -0.1) is 10.8 Å². The Hall–Kier alpha value is -2.86. The Balaban J connectivity index is 1.54. The van der Waals surface area contributed by atoms with Crippen LogP contribution in [0.5, 0.6) is 0 Å². The maximum atomic E-state index is 14.4. The van der Waals surface area contributed by atoms with Crippen molar-refractivity contribution in [1.29, 1.82) is 0 Å². The zero-order chi connectivity index (χ0) is 31.1. The van der Waals surface area contributed by atoms with Gasteiger partial charge in [-0.1, -0.05) is 25.3 Å². The minimum atomic E-state index is -3.39. The van der Waals surface area contributed by atoms with E-state index in [1.54, 1.807) is 22.3 Å². The van der Waals surface area contributed by atoms with Gasteiger partial charge in [-0.05, 0) is 99.2 Å². The minimum Gasteiger partial charge on any atom is -0.478 e. The molecule has 0 aromatic heterocycles. The van der Waals surface area contributed by atoms with E-state index in [1.807, 2.05) is 26.8 Å². The van der Waals surface area contributed by atoms with Crippen LogP contribution in [-0.4, -0.2) is 73.8 Å². The number of piperidine rings is 1. The molecule has 2 aromatic rings. The zero-order valence-electron chi connectivity index (χ0n) is 25.4. The Morgan fingerprint density at radius 1 is 1.02 bits per heavy atom. The van der Waals surface area contributed by atoms with Crippen LogP contribution >= 0.6 is 10.8 Å². The van der Waals surface area contributed by atoms with Gasteiger partial charge in [0.25, 0.3) is 0 Å². The summed E-state index contributed by atoms with van der Waals surface area (Å²) in [5.41, 5.74) is 1.60.